The van der Waals surface area contributed by atoms with Crippen molar-refractivity contribution in [3.8, 4) is 5.88 Å². The average Bonchev–Trinajstić information content (AvgIpc) is 2.46. The van der Waals surface area contributed by atoms with Crippen LogP contribution < -0.4 is 10.3 Å². The van der Waals surface area contributed by atoms with Gasteiger partial charge < -0.3 is 10.1 Å². The molecule has 1 aliphatic carbocycles. The van der Waals surface area contributed by atoms with Crippen LogP contribution in [0, 0.1) is 5.41 Å². The van der Waals surface area contributed by atoms with Gasteiger partial charge in [0.2, 0.25) is 0 Å². The first-order chi connectivity index (χ1) is 10.1. The van der Waals surface area contributed by atoms with Crippen LogP contribution in [0.2, 0.25) is 0 Å². The molecule has 1 aliphatic rings. The third-order valence-corrected chi connectivity index (χ3v) is 4.12. The molecule has 21 heavy (non-hydrogen) atoms. The van der Waals surface area contributed by atoms with Gasteiger partial charge in [-0.3, -0.25) is 9.78 Å². The summed E-state index contributed by atoms with van der Waals surface area (Å²) in [5.41, 5.74) is 2.90. The first-order valence-corrected chi connectivity index (χ1v) is 8.11. The van der Waals surface area contributed by atoms with Gasteiger partial charge in [0, 0.05) is 11.3 Å². The highest BCUT2D eigenvalue weighted by molar-refractivity contribution is 5.97. The average molecular weight is 290 g/mol. The quantitative estimate of drug-likeness (QED) is 0.595. The van der Waals surface area contributed by atoms with Gasteiger partial charge in [0.1, 0.15) is 0 Å². The predicted octanol–water partition coefficient (Wildman–Crippen LogP) is 3.60. The van der Waals surface area contributed by atoms with E-state index in [4.69, 9.17) is 10.1 Å². The lowest BCUT2D eigenvalue weighted by Crippen LogP contribution is -2.24. The maximum atomic E-state index is 12.2. The van der Waals surface area contributed by atoms with Crippen molar-refractivity contribution in [1.29, 1.82) is 5.41 Å². The molecule has 0 radical (unpaired) electrons. The normalized spacial score (nSPS) is 13.8. The molecule has 0 amide bonds. The van der Waals surface area contributed by atoms with Crippen molar-refractivity contribution in [2.75, 3.05) is 6.61 Å². The zero-order chi connectivity index (χ0) is 15.2. The Bertz CT molecular complexity index is 561. The molecule has 116 valence electrons. The van der Waals surface area contributed by atoms with Crippen LogP contribution in [0.15, 0.2) is 4.79 Å². The van der Waals surface area contributed by atoms with Crippen LogP contribution in [0.1, 0.15) is 69.1 Å². The lowest BCUT2D eigenvalue weighted by Gasteiger charge is -2.21. The molecule has 2 N–H and O–H groups in total. The minimum Gasteiger partial charge on any atom is -0.479 e. The molecule has 2 rings (SSSR count). The molecule has 0 unspecified atom stereocenters. The number of hydrogen-bond acceptors (Lipinski definition) is 3. The van der Waals surface area contributed by atoms with E-state index >= 15 is 0 Å². The summed E-state index contributed by atoms with van der Waals surface area (Å²) in [6.07, 6.45) is 8.67. The van der Waals surface area contributed by atoms with Crippen molar-refractivity contribution in [2.45, 2.75) is 65.2 Å². The Balaban J connectivity index is 2.20. The summed E-state index contributed by atoms with van der Waals surface area (Å²) in [4.78, 5) is 15.1. The third kappa shape index (κ3) is 3.74. The molecule has 0 saturated heterocycles. The molecule has 0 aliphatic heterocycles. The van der Waals surface area contributed by atoms with E-state index in [0.29, 0.717) is 23.8 Å². The highest BCUT2D eigenvalue weighted by Gasteiger charge is 2.22. The summed E-state index contributed by atoms with van der Waals surface area (Å²) in [5.74, 6) is 0.649. The van der Waals surface area contributed by atoms with Gasteiger partial charge >= 0.3 is 0 Å². The fraction of sp³-hybridized carbons (Fsp3) is 0.647. The molecular formula is C17H26N2O2. The van der Waals surface area contributed by atoms with Crippen molar-refractivity contribution in [3.63, 3.8) is 0 Å². The number of pyridine rings is 1. The number of aromatic amines is 1. The van der Waals surface area contributed by atoms with Gasteiger partial charge in [-0.1, -0.05) is 26.2 Å². The van der Waals surface area contributed by atoms with Gasteiger partial charge in [0.15, 0.2) is 5.88 Å². The summed E-state index contributed by atoms with van der Waals surface area (Å²) in [7, 11) is 0. The van der Waals surface area contributed by atoms with Gasteiger partial charge in [-0.05, 0) is 44.6 Å². The van der Waals surface area contributed by atoms with Crippen LogP contribution >= 0.6 is 0 Å². The van der Waals surface area contributed by atoms with Crippen molar-refractivity contribution in [3.05, 3.63) is 27.0 Å². The molecule has 0 saturated carbocycles. The molecule has 0 atom stereocenters. The molecule has 4 heteroatoms. The molecule has 0 spiro atoms. The number of fused-ring (bicyclic) bond motifs is 1. The molecule has 0 fully saturated rings. The summed E-state index contributed by atoms with van der Waals surface area (Å²) in [5, 5.41) is 7.84. The first kappa shape index (κ1) is 15.8. The van der Waals surface area contributed by atoms with Crippen LogP contribution in [0.3, 0.4) is 0 Å². The summed E-state index contributed by atoms with van der Waals surface area (Å²) < 4.78 is 5.84. The van der Waals surface area contributed by atoms with Crippen molar-refractivity contribution < 1.29 is 4.74 Å². The number of rotatable bonds is 7. The summed E-state index contributed by atoms with van der Waals surface area (Å²) in [6.45, 7) is 4.53. The molecule has 0 bridgehead atoms. The smallest absolute Gasteiger partial charge is 0.260 e. The van der Waals surface area contributed by atoms with Gasteiger partial charge in [-0.2, -0.15) is 0 Å². The first-order valence-electron chi connectivity index (χ1n) is 8.11. The molecule has 1 heterocycles. The Kier molecular flexibility index (Phi) is 5.59. The van der Waals surface area contributed by atoms with Crippen LogP contribution in [0.5, 0.6) is 5.88 Å². The number of aromatic nitrogens is 1. The van der Waals surface area contributed by atoms with Crippen molar-refractivity contribution in [2.24, 2.45) is 0 Å². The monoisotopic (exact) mass is 290 g/mol. The largest absolute Gasteiger partial charge is 0.479 e. The molecule has 4 nitrogen and oxygen atoms in total. The number of hydrogen-bond donors (Lipinski definition) is 2. The molecular weight excluding hydrogens is 264 g/mol. The maximum absolute atomic E-state index is 12.2. The SMILES string of the molecule is CCCCCCOc1[nH]c(=O)c(C(C)=N)c2c1CCCC2. The van der Waals surface area contributed by atoms with E-state index in [9.17, 15) is 4.79 Å². The Morgan fingerprint density at radius 1 is 1.19 bits per heavy atom. The minimum absolute atomic E-state index is 0.174. The second kappa shape index (κ2) is 7.43. The Hall–Kier alpha value is -1.58. The zero-order valence-corrected chi connectivity index (χ0v) is 13.2. The maximum Gasteiger partial charge on any atom is 0.260 e. The molecule has 1 aromatic rings. The number of unbranched alkanes of at least 4 members (excludes halogenated alkanes) is 3. The Morgan fingerprint density at radius 3 is 2.57 bits per heavy atom. The standard InChI is InChI=1S/C17H26N2O2/c1-3-4-5-8-11-21-17-14-10-7-6-9-13(14)15(12(2)18)16(20)19-17/h18H,3-11H2,1-2H3,(H,19,20). The van der Waals surface area contributed by atoms with Gasteiger partial charge in [0.25, 0.3) is 5.56 Å². The fourth-order valence-electron chi connectivity index (χ4n) is 3.03. The number of H-pyrrole nitrogens is 1. The fourth-order valence-corrected chi connectivity index (χ4v) is 3.03. The van der Waals surface area contributed by atoms with E-state index in [1.165, 1.54) is 19.3 Å². The number of nitrogens with one attached hydrogen (secondary N) is 2. The van der Waals surface area contributed by atoms with E-state index in [-0.39, 0.29) is 5.56 Å². The van der Waals surface area contributed by atoms with Gasteiger partial charge in [-0.25, -0.2) is 0 Å². The van der Waals surface area contributed by atoms with Crippen LogP contribution in [-0.2, 0) is 12.8 Å². The Labute approximate surface area is 126 Å². The third-order valence-electron chi connectivity index (χ3n) is 4.12. The second-order valence-corrected chi connectivity index (χ2v) is 5.86. The zero-order valence-electron chi connectivity index (χ0n) is 13.2. The summed E-state index contributed by atoms with van der Waals surface area (Å²) in [6, 6.07) is 0. The highest BCUT2D eigenvalue weighted by Crippen LogP contribution is 2.29. The molecule has 0 aromatic carbocycles. The molecule has 1 aromatic heterocycles. The predicted molar refractivity (Wildman–Crippen MR) is 85.8 cm³/mol. The lowest BCUT2D eigenvalue weighted by atomic mass is 9.88. The van der Waals surface area contributed by atoms with E-state index in [1.54, 1.807) is 6.92 Å². The van der Waals surface area contributed by atoms with E-state index in [0.717, 1.165) is 43.2 Å². The highest BCUT2D eigenvalue weighted by atomic mass is 16.5. The summed E-state index contributed by atoms with van der Waals surface area (Å²) >= 11 is 0. The minimum atomic E-state index is -0.174. The topological polar surface area (TPSA) is 65.9 Å². The van der Waals surface area contributed by atoms with Crippen LogP contribution in [-0.4, -0.2) is 17.3 Å². The number of ether oxygens (including phenoxy) is 1. The lowest BCUT2D eigenvalue weighted by molar-refractivity contribution is 0.288. The Morgan fingerprint density at radius 2 is 1.90 bits per heavy atom. The van der Waals surface area contributed by atoms with E-state index < -0.39 is 0 Å². The van der Waals surface area contributed by atoms with Gasteiger partial charge in [-0.15, -0.1) is 0 Å². The van der Waals surface area contributed by atoms with Gasteiger partial charge in [0.05, 0.1) is 12.2 Å². The van der Waals surface area contributed by atoms with E-state index in [2.05, 4.69) is 11.9 Å². The van der Waals surface area contributed by atoms with Crippen LogP contribution in [0.25, 0.3) is 0 Å². The van der Waals surface area contributed by atoms with E-state index in [1.807, 2.05) is 0 Å². The second-order valence-electron chi connectivity index (χ2n) is 5.86. The van der Waals surface area contributed by atoms with Crippen LogP contribution in [0.4, 0.5) is 0 Å². The van der Waals surface area contributed by atoms with Crippen molar-refractivity contribution >= 4 is 5.71 Å². The van der Waals surface area contributed by atoms with Crippen molar-refractivity contribution in [1.82, 2.24) is 4.98 Å².